The molecule has 0 saturated heterocycles. The molecule has 0 amide bonds. The predicted molar refractivity (Wildman–Crippen MR) is 269 cm³/mol. The maximum atomic E-state index is 6.09. The van der Waals surface area contributed by atoms with Crippen LogP contribution < -0.4 is 5.19 Å². The van der Waals surface area contributed by atoms with Gasteiger partial charge in [0.05, 0.1) is 15.1 Å². The highest BCUT2D eigenvalue weighted by Crippen LogP contribution is 2.59. The molecule has 2 heteroatoms. The fourth-order valence-electron chi connectivity index (χ4n) is 10.4. The van der Waals surface area contributed by atoms with E-state index in [0.717, 1.165) is 19.4 Å². The van der Waals surface area contributed by atoms with Gasteiger partial charge in [-0.05, 0) is 130 Å². The van der Waals surface area contributed by atoms with E-state index in [9.17, 15) is 0 Å². The van der Waals surface area contributed by atoms with Crippen LogP contribution in [0.4, 0.5) is 0 Å². The monoisotopic (exact) mass is 827 g/mol. The Hall–Kier alpha value is -4.24. The Morgan fingerprint density at radius 1 is 0.574 bits per heavy atom. The highest BCUT2D eigenvalue weighted by atomic mass is 28.2. The van der Waals surface area contributed by atoms with Crippen molar-refractivity contribution in [1.82, 2.24) is 0 Å². The maximum Gasteiger partial charge on any atom is 0.0598 e. The smallest absolute Gasteiger partial charge is 0.0598 e. The number of ether oxygens (including phenoxy) is 1. The summed E-state index contributed by atoms with van der Waals surface area (Å²) in [5.74, 6) is 1.17. The van der Waals surface area contributed by atoms with E-state index in [2.05, 4.69) is 204 Å². The summed E-state index contributed by atoms with van der Waals surface area (Å²) < 4.78 is 6.09. The van der Waals surface area contributed by atoms with E-state index in [4.69, 9.17) is 4.74 Å². The molecule has 0 fully saturated rings. The van der Waals surface area contributed by atoms with Crippen molar-refractivity contribution >= 4 is 26.4 Å². The van der Waals surface area contributed by atoms with E-state index in [1.807, 2.05) is 0 Å². The summed E-state index contributed by atoms with van der Waals surface area (Å²) in [5, 5.41) is 1.56. The van der Waals surface area contributed by atoms with Crippen LogP contribution in [0.2, 0.25) is 5.54 Å². The Kier molecular flexibility index (Phi) is 13.4. The zero-order valence-electron chi connectivity index (χ0n) is 39.7. The number of allylic oxidation sites excluding steroid dienone is 3. The first-order valence-electron chi connectivity index (χ1n) is 23.5. The van der Waals surface area contributed by atoms with Gasteiger partial charge in [0.15, 0.2) is 0 Å². The lowest BCUT2D eigenvalue weighted by atomic mass is 9.78. The van der Waals surface area contributed by atoms with E-state index < -0.39 is 9.52 Å². The highest BCUT2D eigenvalue weighted by Gasteiger charge is 2.43. The molecule has 0 N–H and O–H groups in total. The first kappa shape index (κ1) is 44.8. The number of unbranched alkanes of at least 4 members (excludes halogenated alkanes) is 3. The van der Waals surface area contributed by atoms with Gasteiger partial charge in [0.1, 0.15) is 0 Å². The molecule has 0 bridgehead atoms. The lowest BCUT2D eigenvalue weighted by Crippen LogP contribution is -2.29. The molecule has 61 heavy (non-hydrogen) atoms. The molecule has 0 radical (unpaired) electrons. The number of benzene rings is 5. The summed E-state index contributed by atoms with van der Waals surface area (Å²) in [4.78, 5) is 0. The molecule has 5 aromatic rings. The second-order valence-electron chi connectivity index (χ2n) is 21.6. The average molecular weight is 827 g/mol. The third-order valence-corrected chi connectivity index (χ3v) is 16.0. The van der Waals surface area contributed by atoms with E-state index in [1.54, 1.807) is 27.5 Å². The minimum absolute atomic E-state index is 0.0741. The molecule has 0 saturated carbocycles. The molecule has 3 atom stereocenters. The Morgan fingerprint density at radius 2 is 1.13 bits per heavy atom. The van der Waals surface area contributed by atoms with Gasteiger partial charge < -0.3 is 4.74 Å². The van der Waals surface area contributed by atoms with Gasteiger partial charge in [-0.3, -0.25) is 0 Å². The molecule has 0 aromatic heterocycles. The molecular weight excluding hydrogens is 753 g/mol. The predicted octanol–water partition coefficient (Wildman–Crippen LogP) is 15.4. The minimum atomic E-state index is -0.780. The third kappa shape index (κ3) is 10.0. The maximum absolute atomic E-state index is 6.09. The molecule has 3 unspecified atom stereocenters. The summed E-state index contributed by atoms with van der Waals surface area (Å²) in [5.41, 5.74) is 19.7. The van der Waals surface area contributed by atoms with Crippen LogP contribution in [0.15, 0.2) is 126 Å². The first-order chi connectivity index (χ1) is 28.9. The van der Waals surface area contributed by atoms with Crippen molar-refractivity contribution in [2.75, 3.05) is 6.61 Å². The van der Waals surface area contributed by atoms with Gasteiger partial charge in [0.2, 0.25) is 0 Å². The number of hydrogen-bond donors (Lipinski definition) is 0. The summed E-state index contributed by atoms with van der Waals surface area (Å²) >= 11 is 0. The van der Waals surface area contributed by atoms with Gasteiger partial charge in [0, 0.05) is 18.4 Å². The van der Waals surface area contributed by atoms with Crippen molar-refractivity contribution in [3.8, 4) is 22.3 Å². The molecule has 7 rings (SSSR count). The molecular formula is C59H74OSi. The average Bonchev–Trinajstić information content (AvgIpc) is 3.74. The largest absolute Gasteiger partial charge is 0.376 e. The van der Waals surface area contributed by atoms with Crippen molar-refractivity contribution in [3.63, 3.8) is 0 Å². The summed E-state index contributed by atoms with van der Waals surface area (Å²) in [6.07, 6.45) is 8.50. The van der Waals surface area contributed by atoms with Crippen LogP contribution in [0, 0.1) is 5.92 Å². The topological polar surface area (TPSA) is 9.23 Å². The first-order valence-corrected chi connectivity index (χ1v) is 25.0. The van der Waals surface area contributed by atoms with Crippen LogP contribution in [0.5, 0.6) is 0 Å². The molecule has 320 valence electrons. The second kappa shape index (κ2) is 18.2. The van der Waals surface area contributed by atoms with Gasteiger partial charge in [-0.15, -0.1) is 0 Å². The Morgan fingerprint density at radius 3 is 1.70 bits per heavy atom. The van der Waals surface area contributed by atoms with Gasteiger partial charge in [0.25, 0.3) is 0 Å². The Balaban J connectivity index is 1.34. The van der Waals surface area contributed by atoms with Gasteiger partial charge in [-0.1, -0.05) is 206 Å². The minimum Gasteiger partial charge on any atom is -0.376 e. The van der Waals surface area contributed by atoms with Crippen LogP contribution >= 0.6 is 0 Å². The standard InChI is InChI=1S/C59H74OSi/c1-39(2)51-38-52-47(41-29-33-43(34-30-41)57(4,5)6)25-20-27-49(52)55(51)56(61-45-22-16-15-17-23-45)53-40(3)46(24-18-13-14-19-37-60-59(10,11)12)54-48(26-21-28-50(53)54)42-31-35-44(36-32-42)58(7,8)9/h15-17,20-23,25-36,38-39,53,55-56H,13-14,18-19,24,37,61H2,1-12H3. The van der Waals surface area contributed by atoms with Crippen molar-refractivity contribution < 1.29 is 4.74 Å². The number of rotatable bonds is 14. The zero-order valence-corrected chi connectivity index (χ0v) is 41.1. The van der Waals surface area contributed by atoms with E-state index in [0.29, 0.717) is 23.3 Å². The van der Waals surface area contributed by atoms with Gasteiger partial charge in [-0.2, -0.15) is 0 Å². The Bertz CT molecular complexity index is 2340. The molecule has 2 aliphatic carbocycles. The molecule has 5 aromatic carbocycles. The second-order valence-corrected chi connectivity index (χ2v) is 23.8. The molecule has 0 spiro atoms. The molecule has 0 heterocycles. The van der Waals surface area contributed by atoms with Crippen molar-refractivity contribution in [3.05, 3.63) is 160 Å². The summed E-state index contributed by atoms with van der Waals surface area (Å²) in [7, 11) is -0.780. The van der Waals surface area contributed by atoms with Crippen LogP contribution in [0.25, 0.3) is 33.9 Å². The summed E-state index contributed by atoms with van der Waals surface area (Å²) in [6, 6.07) is 45.0. The molecule has 2 aliphatic rings. The molecule has 1 nitrogen and oxygen atoms in total. The summed E-state index contributed by atoms with van der Waals surface area (Å²) in [6.45, 7) is 28.6. The van der Waals surface area contributed by atoms with Crippen LogP contribution in [-0.2, 0) is 15.6 Å². The lowest BCUT2D eigenvalue weighted by molar-refractivity contribution is -0.00473. The van der Waals surface area contributed by atoms with Gasteiger partial charge in [-0.25, -0.2) is 0 Å². The number of hydrogen-bond acceptors (Lipinski definition) is 1. The fraction of sp³-hybridized carbons (Fsp3) is 0.424. The van der Waals surface area contributed by atoms with Crippen molar-refractivity contribution in [2.24, 2.45) is 5.92 Å². The quantitative estimate of drug-likeness (QED) is 0.0800. The SMILES string of the molecule is CC1=C(CCCCCCOC(C)(C)C)c2c(-c3ccc(C(C)(C)C)cc3)cccc2C1C([SiH2]c1ccccc1)C1C(C(C)C)=Cc2c(-c3ccc(C(C)(C)C)cc3)cccc21. The number of fused-ring (bicyclic) bond motifs is 2. The van der Waals surface area contributed by atoms with Crippen molar-refractivity contribution in [1.29, 1.82) is 0 Å². The van der Waals surface area contributed by atoms with Crippen molar-refractivity contribution in [2.45, 2.75) is 149 Å². The van der Waals surface area contributed by atoms with E-state index in [1.165, 1.54) is 69.3 Å². The van der Waals surface area contributed by atoms with Crippen LogP contribution in [0.1, 0.15) is 160 Å². The van der Waals surface area contributed by atoms with E-state index >= 15 is 0 Å². The van der Waals surface area contributed by atoms with Crippen LogP contribution in [-0.4, -0.2) is 21.7 Å². The Labute approximate surface area is 373 Å². The highest BCUT2D eigenvalue weighted by molar-refractivity contribution is 6.55. The van der Waals surface area contributed by atoms with Gasteiger partial charge >= 0.3 is 0 Å². The van der Waals surface area contributed by atoms with E-state index in [-0.39, 0.29) is 16.4 Å². The third-order valence-electron chi connectivity index (χ3n) is 13.6. The lowest BCUT2D eigenvalue weighted by Gasteiger charge is -2.35. The normalized spacial score (nSPS) is 17.4. The fourth-order valence-corrected chi connectivity index (χ4v) is 13.0. The molecule has 0 aliphatic heterocycles. The zero-order chi connectivity index (χ0) is 43.7. The van der Waals surface area contributed by atoms with Crippen LogP contribution in [0.3, 0.4) is 0 Å².